The second-order valence-electron chi connectivity index (χ2n) is 8.21. The van der Waals surface area contributed by atoms with Crippen molar-refractivity contribution in [1.29, 1.82) is 0 Å². The molecular formula is C23H46N6O2. The van der Waals surface area contributed by atoms with Crippen LogP contribution in [0.15, 0.2) is 0 Å². The Bertz CT molecular complexity index is 509. The van der Waals surface area contributed by atoms with Crippen molar-refractivity contribution in [3.05, 3.63) is 0 Å². The van der Waals surface area contributed by atoms with E-state index in [2.05, 4.69) is 37.8 Å². The highest BCUT2D eigenvalue weighted by molar-refractivity contribution is 5.41. The van der Waals surface area contributed by atoms with Gasteiger partial charge in [0.05, 0.1) is 0 Å². The monoisotopic (exact) mass is 438 g/mol. The Morgan fingerprint density at radius 2 is 0.806 bits per heavy atom. The van der Waals surface area contributed by atoms with E-state index in [0.29, 0.717) is 5.95 Å². The highest BCUT2D eigenvalue weighted by atomic mass is 16.3. The zero-order valence-electron chi connectivity index (χ0n) is 19.7. The van der Waals surface area contributed by atoms with Crippen molar-refractivity contribution in [3.8, 4) is 0 Å². The Morgan fingerprint density at radius 1 is 0.484 bits per heavy atom. The van der Waals surface area contributed by atoms with Crippen LogP contribution < -0.4 is 16.0 Å². The fraction of sp³-hybridized carbons (Fsp3) is 0.870. The molecule has 0 radical (unpaired) electrons. The van der Waals surface area contributed by atoms with Crippen molar-refractivity contribution in [3.63, 3.8) is 0 Å². The lowest BCUT2D eigenvalue weighted by Gasteiger charge is -2.09. The van der Waals surface area contributed by atoms with E-state index in [4.69, 9.17) is 10.2 Å². The lowest BCUT2D eigenvalue weighted by Crippen LogP contribution is -2.13. The van der Waals surface area contributed by atoms with Crippen LogP contribution in [0.4, 0.5) is 17.8 Å². The van der Waals surface area contributed by atoms with Gasteiger partial charge in [-0.1, -0.05) is 103 Å². The van der Waals surface area contributed by atoms with Gasteiger partial charge in [0.2, 0.25) is 17.8 Å². The van der Waals surface area contributed by atoms with Gasteiger partial charge >= 0.3 is 0 Å². The summed E-state index contributed by atoms with van der Waals surface area (Å²) in [7, 11) is 0. The SMILES string of the molecule is CCCCCCCCCCCCCCCCCCNc1nc(NCO)nc(NCO)n1. The lowest BCUT2D eigenvalue weighted by atomic mass is 10.0. The number of hydrogen-bond donors (Lipinski definition) is 5. The molecule has 0 aliphatic heterocycles. The van der Waals surface area contributed by atoms with Gasteiger partial charge in [0, 0.05) is 6.54 Å². The molecule has 0 saturated heterocycles. The molecule has 1 rings (SSSR count). The van der Waals surface area contributed by atoms with E-state index in [1.807, 2.05) is 0 Å². The molecule has 0 spiro atoms. The Kier molecular flexibility index (Phi) is 17.9. The average molecular weight is 439 g/mol. The van der Waals surface area contributed by atoms with E-state index in [0.717, 1.165) is 13.0 Å². The van der Waals surface area contributed by atoms with Crippen LogP contribution in [0.2, 0.25) is 0 Å². The van der Waals surface area contributed by atoms with Crippen LogP contribution in [0.1, 0.15) is 110 Å². The molecule has 180 valence electrons. The van der Waals surface area contributed by atoms with Crippen LogP contribution in [0.5, 0.6) is 0 Å². The van der Waals surface area contributed by atoms with Gasteiger partial charge in [-0.25, -0.2) is 0 Å². The summed E-state index contributed by atoms with van der Waals surface area (Å²) in [6, 6.07) is 0. The molecule has 0 saturated carbocycles. The Morgan fingerprint density at radius 3 is 1.16 bits per heavy atom. The highest BCUT2D eigenvalue weighted by Crippen LogP contribution is 2.14. The zero-order valence-corrected chi connectivity index (χ0v) is 19.7. The van der Waals surface area contributed by atoms with Crippen LogP contribution >= 0.6 is 0 Å². The molecule has 31 heavy (non-hydrogen) atoms. The Hall–Kier alpha value is -1.67. The highest BCUT2D eigenvalue weighted by Gasteiger charge is 2.05. The molecule has 1 heterocycles. The maximum Gasteiger partial charge on any atom is 0.231 e. The quantitative estimate of drug-likeness (QED) is 0.123. The minimum atomic E-state index is -0.263. The second kappa shape index (κ2) is 20.2. The summed E-state index contributed by atoms with van der Waals surface area (Å²) in [5, 5.41) is 26.4. The van der Waals surface area contributed by atoms with E-state index in [9.17, 15) is 0 Å². The topological polar surface area (TPSA) is 115 Å². The predicted molar refractivity (Wildman–Crippen MR) is 129 cm³/mol. The molecule has 0 aliphatic rings. The number of unbranched alkanes of at least 4 members (excludes halogenated alkanes) is 15. The van der Waals surface area contributed by atoms with E-state index in [-0.39, 0.29) is 25.4 Å². The summed E-state index contributed by atoms with van der Waals surface area (Å²) in [5.41, 5.74) is 0. The van der Waals surface area contributed by atoms with Crippen molar-refractivity contribution >= 4 is 17.8 Å². The first-order valence-electron chi connectivity index (χ1n) is 12.5. The molecule has 0 aromatic carbocycles. The summed E-state index contributed by atoms with van der Waals surface area (Å²) in [4.78, 5) is 12.4. The fourth-order valence-corrected chi connectivity index (χ4v) is 3.63. The van der Waals surface area contributed by atoms with E-state index >= 15 is 0 Å². The number of aromatic nitrogens is 3. The number of anilines is 3. The van der Waals surface area contributed by atoms with Gasteiger partial charge in [0.1, 0.15) is 13.5 Å². The molecule has 0 bridgehead atoms. The third-order valence-electron chi connectivity index (χ3n) is 5.42. The molecule has 0 aliphatic carbocycles. The lowest BCUT2D eigenvalue weighted by molar-refractivity contribution is 0.323. The molecule has 8 heteroatoms. The van der Waals surface area contributed by atoms with E-state index < -0.39 is 0 Å². The van der Waals surface area contributed by atoms with E-state index in [1.165, 1.54) is 96.3 Å². The van der Waals surface area contributed by atoms with Crippen molar-refractivity contribution in [2.45, 2.75) is 110 Å². The van der Waals surface area contributed by atoms with Gasteiger partial charge in [-0.3, -0.25) is 0 Å². The smallest absolute Gasteiger partial charge is 0.231 e. The number of hydrogen-bond acceptors (Lipinski definition) is 8. The fourth-order valence-electron chi connectivity index (χ4n) is 3.63. The molecule has 1 aromatic heterocycles. The minimum absolute atomic E-state index is 0.263. The first-order valence-corrected chi connectivity index (χ1v) is 12.5. The number of nitrogens with zero attached hydrogens (tertiary/aromatic N) is 3. The van der Waals surface area contributed by atoms with Gasteiger partial charge in [-0.2, -0.15) is 15.0 Å². The predicted octanol–water partition coefficient (Wildman–Crippen LogP) is 5.27. The van der Waals surface area contributed by atoms with Crippen LogP contribution in [0.25, 0.3) is 0 Å². The van der Waals surface area contributed by atoms with Crippen LogP contribution in [-0.4, -0.2) is 45.2 Å². The number of aliphatic hydroxyl groups is 2. The minimum Gasteiger partial charge on any atom is -0.376 e. The van der Waals surface area contributed by atoms with E-state index in [1.54, 1.807) is 0 Å². The summed E-state index contributed by atoms with van der Waals surface area (Å²) < 4.78 is 0. The molecule has 1 aromatic rings. The molecule has 0 fully saturated rings. The van der Waals surface area contributed by atoms with Crippen molar-refractivity contribution in [1.82, 2.24) is 15.0 Å². The molecule has 0 amide bonds. The second-order valence-corrected chi connectivity index (χ2v) is 8.21. The third-order valence-corrected chi connectivity index (χ3v) is 5.42. The van der Waals surface area contributed by atoms with Gasteiger partial charge < -0.3 is 26.2 Å². The molecular weight excluding hydrogens is 392 g/mol. The zero-order chi connectivity index (χ0) is 22.4. The van der Waals surface area contributed by atoms with Crippen molar-refractivity contribution in [2.24, 2.45) is 0 Å². The standard InChI is InChI=1S/C23H46N6O2/c1-2-3-4-5-6-7-8-9-10-11-12-13-14-15-16-17-18-24-21-27-22(25-19-30)29-23(28-21)26-20-31/h30-31H,2-20H2,1H3,(H3,24,25,26,27,28,29). The summed E-state index contributed by atoms with van der Waals surface area (Å²) in [6.07, 6.45) is 21.7. The van der Waals surface area contributed by atoms with Crippen LogP contribution in [0, 0.1) is 0 Å². The molecule has 8 nitrogen and oxygen atoms in total. The largest absolute Gasteiger partial charge is 0.376 e. The van der Waals surface area contributed by atoms with Gasteiger partial charge in [0.15, 0.2) is 0 Å². The van der Waals surface area contributed by atoms with Gasteiger partial charge in [-0.15, -0.1) is 0 Å². The first kappa shape index (κ1) is 27.4. The summed E-state index contributed by atoms with van der Waals surface area (Å²) in [5.74, 6) is 0.966. The first-order chi connectivity index (χ1) is 15.3. The number of aliphatic hydroxyl groups excluding tert-OH is 2. The van der Waals surface area contributed by atoms with Crippen LogP contribution in [0.3, 0.4) is 0 Å². The third kappa shape index (κ3) is 15.7. The molecule has 5 N–H and O–H groups in total. The van der Waals surface area contributed by atoms with Crippen molar-refractivity contribution in [2.75, 3.05) is 36.0 Å². The van der Waals surface area contributed by atoms with Gasteiger partial charge in [-0.05, 0) is 6.42 Å². The maximum atomic E-state index is 8.96. The summed E-state index contributed by atoms with van der Waals surface area (Å²) >= 11 is 0. The van der Waals surface area contributed by atoms with Crippen LogP contribution in [-0.2, 0) is 0 Å². The molecule has 0 unspecified atom stereocenters. The maximum absolute atomic E-state index is 8.96. The Balaban J connectivity index is 1.93. The van der Waals surface area contributed by atoms with Crippen molar-refractivity contribution < 1.29 is 10.2 Å². The number of rotatable bonds is 22. The summed E-state index contributed by atoms with van der Waals surface area (Å²) in [6.45, 7) is 2.54. The Labute approximate surface area is 189 Å². The average Bonchev–Trinajstić information content (AvgIpc) is 2.76. The normalized spacial score (nSPS) is 10.9. The number of nitrogens with one attached hydrogen (secondary N) is 3. The molecule has 0 atom stereocenters. The van der Waals surface area contributed by atoms with Gasteiger partial charge in [0.25, 0.3) is 0 Å².